The van der Waals surface area contributed by atoms with Gasteiger partial charge in [0.15, 0.2) is 11.5 Å². The molecule has 2 aromatic carbocycles. The zero-order valence-electron chi connectivity index (χ0n) is 15.0. The summed E-state index contributed by atoms with van der Waals surface area (Å²) in [5.41, 5.74) is 1.63. The summed E-state index contributed by atoms with van der Waals surface area (Å²) < 4.78 is 21.7. The highest BCUT2D eigenvalue weighted by atomic mass is 79.9. The normalized spacial score (nSPS) is 10.3. The molecular weight excluding hydrogens is 426 g/mol. The maximum absolute atomic E-state index is 12.9. The van der Waals surface area contributed by atoms with Crippen LogP contribution in [0.1, 0.15) is 15.9 Å². The van der Waals surface area contributed by atoms with Crippen LogP contribution < -0.4 is 24.3 Å². The molecule has 2 aromatic rings. The second-order valence-electron chi connectivity index (χ2n) is 5.26. The largest absolute Gasteiger partial charge is 0.495 e. The molecule has 0 aliphatic heterocycles. The van der Waals surface area contributed by atoms with Crippen LogP contribution in [0.2, 0.25) is 5.02 Å². The number of halogens is 2. The molecule has 0 spiro atoms. The molecule has 2 rings (SSSR count). The predicted octanol–water partition coefficient (Wildman–Crippen LogP) is 4.70. The summed E-state index contributed by atoms with van der Waals surface area (Å²) in [6.45, 7) is 1.84. The summed E-state index contributed by atoms with van der Waals surface area (Å²) in [5.74, 6) is 1.19. The molecular formula is C18H19BrClNO5. The van der Waals surface area contributed by atoms with Crippen molar-refractivity contribution >= 4 is 39.1 Å². The lowest BCUT2D eigenvalue weighted by atomic mass is 10.1. The van der Waals surface area contributed by atoms with E-state index in [0.717, 1.165) is 5.56 Å². The third-order valence-electron chi connectivity index (χ3n) is 3.74. The Morgan fingerprint density at radius 2 is 1.58 bits per heavy atom. The summed E-state index contributed by atoms with van der Waals surface area (Å²) in [4.78, 5) is 12.9. The molecule has 140 valence electrons. The SMILES string of the molecule is COc1cc(Cl)c(C)cc1NC(=O)c1cc(OC)c(OC)c(OC)c1Br. The molecule has 0 aliphatic rings. The van der Waals surface area contributed by atoms with Crippen LogP contribution >= 0.6 is 27.5 Å². The van der Waals surface area contributed by atoms with Crippen molar-refractivity contribution in [3.63, 3.8) is 0 Å². The Hall–Kier alpha value is -2.12. The highest BCUT2D eigenvalue weighted by Crippen LogP contribution is 2.45. The van der Waals surface area contributed by atoms with E-state index in [0.29, 0.717) is 43.7 Å². The van der Waals surface area contributed by atoms with Crippen molar-refractivity contribution in [3.05, 3.63) is 38.8 Å². The standard InChI is InChI=1S/C18H19BrClNO5/c1-9-6-12(13(23-2)8-11(9)20)21-18(22)10-7-14(24-3)16(25-4)17(26-5)15(10)19/h6-8H,1-5H3,(H,21,22). The first kappa shape index (κ1) is 20.2. The fourth-order valence-corrected chi connectivity index (χ4v) is 3.20. The second-order valence-corrected chi connectivity index (χ2v) is 6.46. The maximum Gasteiger partial charge on any atom is 0.257 e. The van der Waals surface area contributed by atoms with Crippen LogP contribution in [0.15, 0.2) is 22.7 Å². The third kappa shape index (κ3) is 3.83. The van der Waals surface area contributed by atoms with Gasteiger partial charge in [-0.25, -0.2) is 0 Å². The van der Waals surface area contributed by atoms with Crippen LogP contribution in [-0.4, -0.2) is 34.3 Å². The number of nitrogens with one attached hydrogen (secondary N) is 1. The highest BCUT2D eigenvalue weighted by Gasteiger charge is 2.23. The van der Waals surface area contributed by atoms with Crippen molar-refractivity contribution in [2.45, 2.75) is 6.92 Å². The molecule has 26 heavy (non-hydrogen) atoms. The number of rotatable bonds is 6. The molecule has 0 unspecified atom stereocenters. The molecule has 0 radical (unpaired) electrons. The number of hydrogen-bond acceptors (Lipinski definition) is 5. The zero-order valence-corrected chi connectivity index (χ0v) is 17.4. The van der Waals surface area contributed by atoms with Gasteiger partial charge in [0.1, 0.15) is 5.75 Å². The fraction of sp³-hybridized carbons (Fsp3) is 0.278. The van der Waals surface area contributed by atoms with Gasteiger partial charge in [0.05, 0.1) is 44.2 Å². The minimum atomic E-state index is -0.379. The average molecular weight is 445 g/mol. The van der Waals surface area contributed by atoms with Crippen LogP contribution in [0, 0.1) is 6.92 Å². The minimum Gasteiger partial charge on any atom is -0.495 e. The average Bonchev–Trinajstić information content (AvgIpc) is 2.63. The van der Waals surface area contributed by atoms with Gasteiger partial charge in [-0.2, -0.15) is 0 Å². The van der Waals surface area contributed by atoms with Gasteiger partial charge >= 0.3 is 0 Å². The number of anilines is 1. The van der Waals surface area contributed by atoms with Crippen molar-refractivity contribution in [3.8, 4) is 23.0 Å². The first-order valence-electron chi connectivity index (χ1n) is 7.51. The number of hydrogen-bond donors (Lipinski definition) is 1. The van der Waals surface area contributed by atoms with Crippen LogP contribution in [0.4, 0.5) is 5.69 Å². The molecule has 0 fully saturated rings. The van der Waals surface area contributed by atoms with Gasteiger partial charge < -0.3 is 24.3 Å². The van der Waals surface area contributed by atoms with Crippen molar-refractivity contribution in [2.75, 3.05) is 33.8 Å². The third-order valence-corrected chi connectivity index (χ3v) is 4.94. The number of methoxy groups -OCH3 is 4. The van der Waals surface area contributed by atoms with Crippen LogP contribution in [-0.2, 0) is 0 Å². The smallest absolute Gasteiger partial charge is 0.257 e. The van der Waals surface area contributed by atoms with Crippen molar-refractivity contribution in [2.24, 2.45) is 0 Å². The molecule has 0 heterocycles. The van der Waals surface area contributed by atoms with Crippen LogP contribution in [0.3, 0.4) is 0 Å². The van der Waals surface area contributed by atoms with E-state index < -0.39 is 0 Å². The molecule has 1 amide bonds. The van der Waals surface area contributed by atoms with Gasteiger partial charge in [-0.1, -0.05) is 11.6 Å². The predicted molar refractivity (Wildman–Crippen MR) is 104 cm³/mol. The van der Waals surface area contributed by atoms with Gasteiger partial charge in [0, 0.05) is 11.1 Å². The molecule has 0 saturated heterocycles. The molecule has 0 atom stereocenters. The van der Waals surface area contributed by atoms with E-state index in [2.05, 4.69) is 21.2 Å². The van der Waals surface area contributed by atoms with Crippen molar-refractivity contribution < 1.29 is 23.7 Å². The van der Waals surface area contributed by atoms with Gasteiger partial charge in [0.25, 0.3) is 5.91 Å². The highest BCUT2D eigenvalue weighted by molar-refractivity contribution is 9.10. The Labute approximate surface area is 165 Å². The molecule has 0 aliphatic carbocycles. The molecule has 0 aromatic heterocycles. The van der Waals surface area contributed by atoms with E-state index in [1.165, 1.54) is 28.4 Å². The summed E-state index contributed by atoms with van der Waals surface area (Å²) in [7, 11) is 5.97. The number of benzene rings is 2. The summed E-state index contributed by atoms with van der Waals surface area (Å²) in [6, 6.07) is 4.96. The topological polar surface area (TPSA) is 66.0 Å². The Morgan fingerprint density at radius 3 is 2.12 bits per heavy atom. The summed E-state index contributed by atoms with van der Waals surface area (Å²) in [6.07, 6.45) is 0. The van der Waals surface area contributed by atoms with Gasteiger partial charge in [-0.15, -0.1) is 0 Å². The Kier molecular flexibility index (Phi) is 6.61. The van der Waals surface area contributed by atoms with Crippen LogP contribution in [0.25, 0.3) is 0 Å². The molecule has 8 heteroatoms. The summed E-state index contributed by atoms with van der Waals surface area (Å²) >= 11 is 9.51. The van der Waals surface area contributed by atoms with E-state index in [9.17, 15) is 4.79 Å². The molecule has 0 bridgehead atoms. The minimum absolute atomic E-state index is 0.314. The first-order valence-corrected chi connectivity index (χ1v) is 8.68. The Morgan fingerprint density at radius 1 is 0.962 bits per heavy atom. The number of aryl methyl sites for hydroxylation is 1. The van der Waals surface area contributed by atoms with Crippen LogP contribution in [0.5, 0.6) is 23.0 Å². The van der Waals surface area contributed by atoms with Crippen molar-refractivity contribution in [1.29, 1.82) is 0 Å². The maximum atomic E-state index is 12.9. The zero-order chi connectivity index (χ0) is 19.4. The number of carbonyl (C=O) groups is 1. The molecule has 1 N–H and O–H groups in total. The number of amides is 1. The molecule has 0 saturated carbocycles. The fourth-order valence-electron chi connectivity index (χ4n) is 2.41. The lowest BCUT2D eigenvalue weighted by Gasteiger charge is -2.17. The Balaban J connectivity index is 2.50. The monoisotopic (exact) mass is 443 g/mol. The van der Waals surface area contributed by atoms with E-state index in [1.807, 2.05) is 6.92 Å². The van der Waals surface area contributed by atoms with E-state index in [4.69, 9.17) is 30.5 Å². The van der Waals surface area contributed by atoms with Crippen molar-refractivity contribution in [1.82, 2.24) is 0 Å². The quantitative estimate of drug-likeness (QED) is 0.700. The Bertz CT molecular complexity index is 841. The molecule has 6 nitrogen and oxygen atoms in total. The van der Waals surface area contributed by atoms with Gasteiger partial charge in [0.2, 0.25) is 5.75 Å². The summed E-state index contributed by atoms with van der Waals surface area (Å²) in [5, 5.41) is 3.37. The van der Waals surface area contributed by atoms with E-state index in [1.54, 1.807) is 18.2 Å². The van der Waals surface area contributed by atoms with E-state index in [-0.39, 0.29) is 5.91 Å². The first-order chi connectivity index (χ1) is 12.4. The van der Waals surface area contributed by atoms with Gasteiger partial charge in [-0.3, -0.25) is 4.79 Å². The van der Waals surface area contributed by atoms with E-state index >= 15 is 0 Å². The number of carbonyl (C=O) groups excluding carboxylic acids is 1. The second kappa shape index (κ2) is 8.51. The lowest BCUT2D eigenvalue weighted by molar-refractivity contribution is 0.102. The lowest BCUT2D eigenvalue weighted by Crippen LogP contribution is -2.14. The number of ether oxygens (including phenoxy) is 4. The van der Waals surface area contributed by atoms with Gasteiger partial charge in [-0.05, 0) is 40.5 Å².